The number of nitrogens with one attached hydrogen (secondary N) is 1. The van der Waals surface area contributed by atoms with Gasteiger partial charge in [0.2, 0.25) is 5.91 Å². The molecule has 27 heavy (non-hydrogen) atoms. The molecule has 0 unspecified atom stereocenters. The van der Waals surface area contributed by atoms with Crippen molar-refractivity contribution in [2.45, 2.75) is 6.42 Å². The maximum atomic E-state index is 12.9. The SMILES string of the molecule is COc1ccc(CCN2CCN(CC(=O)Nc3ccc(F)cc3)CC2)cc1. The summed E-state index contributed by atoms with van der Waals surface area (Å²) in [5.41, 5.74) is 1.93. The zero-order valence-electron chi connectivity index (χ0n) is 15.7. The number of piperazine rings is 1. The first-order valence-corrected chi connectivity index (χ1v) is 9.25. The monoisotopic (exact) mass is 371 g/mol. The van der Waals surface area contributed by atoms with Crippen LogP contribution in [0.15, 0.2) is 48.5 Å². The molecule has 0 spiro atoms. The van der Waals surface area contributed by atoms with Crippen LogP contribution in [0.25, 0.3) is 0 Å². The maximum absolute atomic E-state index is 12.9. The van der Waals surface area contributed by atoms with Crippen molar-refractivity contribution in [1.82, 2.24) is 9.80 Å². The Bertz CT molecular complexity index is 726. The van der Waals surface area contributed by atoms with Crippen LogP contribution in [0.2, 0.25) is 0 Å². The zero-order chi connectivity index (χ0) is 19.1. The maximum Gasteiger partial charge on any atom is 0.238 e. The second-order valence-corrected chi connectivity index (χ2v) is 6.77. The quantitative estimate of drug-likeness (QED) is 0.813. The highest BCUT2D eigenvalue weighted by atomic mass is 19.1. The van der Waals surface area contributed by atoms with Crippen LogP contribution in [0.4, 0.5) is 10.1 Å². The number of hydrogen-bond acceptors (Lipinski definition) is 4. The lowest BCUT2D eigenvalue weighted by Crippen LogP contribution is -2.49. The van der Waals surface area contributed by atoms with E-state index in [-0.39, 0.29) is 11.7 Å². The van der Waals surface area contributed by atoms with E-state index in [1.165, 1.54) is 17.7 Å². The van der Waals surface area contributed by atoms with Crippen molar-refractivity contribution in [3.8, 4) is 5.75 Å². The fourth-order valence-corrected chi connectivity index (χ4v) is 3.19. The van der Waals surface area contributed by atoms with Crippen molar-refractivity contribution >= 4 is 11.6 Å². The molecule has 0 aromatic heterocycles. The molecule has 1 fully saturated rings. The van der Waals surface area contributed by atoms with Crippen molar-refractivity contribution in [1.29, 1.82) is 0 Å². The summed E-state index contributed by atoms with van der Waals surface area (Å²) in [7, 11) is 1.68. The highest BCUT2D eigenvalue weighted by Crippen LogP contribution is 2.13. The highest BCUT2D eigenvalue weighted by molar-refractivity contribution is 5.92. The van der Waals surface area contributed by atoms with Crippen molar-refractivity contribution in [2.75, 3.05) is 51.7 Å². The molecule has 0 atom stereocenters. The number of methoxy groups -OCH3 is 1. The number of ether oxygens (including phenoxy) is 1. The number of nitrogens with zero attached hydrogens (tertiary/aromatic N) is 2. The molecule has 1 aliphatic rings. The standard InChI is InChI=1S/C21H26FN3O2/c1-27-20-8-2-17(3-9-20)10-11-24-12-14-25(15-13-24)16-21(26)23-19-6-4-18(22)5-7-19/h2-9H,10-16H2,1H3,(H,23,26). The molecule has 0 saturated carbocycles. The molecule has 5 nitrogen and oxygen atoms in total. The third-order valence-corrected chi connectivity index (χ3v) is 4.84. The van der Waals surface area contributed by atoms with Gasteiger partial charge in [-0.2, -0.15) is 0 Å². The first kappa shape index (κ1) is 19.3. The molecule has 6 heteroatoms. The first-order chi connectivity index (χ1) is 13.1. The van der Waals surface area contributed by atoms with Gasteiger partial charge in [0.25, 0.3) is 0 Å². The summed E-state index contributed by atoms with van der Waals surface area (Å²) >= 11 is 0. The van der Waals surface area contributed by atoms with Crippen LogP contribution in [-0.2, 0) is 11.2 Å². The summed E-state index contributed by atoms with van der Waals surface area (Å²) < 4.78 is 18.1. The van der Waals surface area contributed by atoms with E-state index in [1.807, 2.05) is 12.1 Å². The van der Waals surface area contributed by atoms with Crippen molar-refractivity contribution in [2.24, 2.45) is 0 Å². The molecule has 2 aromatic rings. The summed E-state index contributed by atoms with van der Waals surface area (Å²) in [4.78, 5) is 16.7. The van der Waals surface area contributed by atoms with Gasteiger partial charge >= 0.3 is 0 Å². The van der Waals surface area contributed by atoms with Gasteiger partial charge in [0, 0.05) is 38.4 Å². The van der Waals surface area contributed by atoms with E-state index >= 15 is 0 Å². The number of rotatable bonds is 7. The first-order valence-electron chi connectivity index (χ1n) is 9.25. The number of anilines is 1. The minimum Gasteiger partial charge on any atom is -0.497 e. The Kier molecular flexibility index (Phi) is 6.79. The second-order valence-electron chi connectivity index (χ2n) is 6.77. The fourth-order valence-electron chi connectivity index (χ4n) is 3.19. The number of halogens is 1. The van der Waals surface area contributed by atoms with E-state index in [2.05, 4.69) is 27.2 Å². The molecule has 0 bridgehead atoms. The van der Waals surface area contributed by atoms with Crippen LogP contribution in [0.5, 0.6) is 5.75 Å². The average molecular weight is 371 g/mol. The number of carbonyl (C=O) groups excluding carboxylic acids is 1. The molecule has 0 radical (unpaired) electrons. The van der Waals surface area contributed by atoms with Gasteiger partial charge in [-0.3, -0.25) is 9.69 Å². The molecule has 1 heterocycles. The van der Waals surface area contributed by atoms with Gasteiger partial charge in [0.1, 0.15) is 11.6 Å². The van der Waals surface area contributed by atoms with Gasteiger partial charge in [-0.15, -0.1) is 0 Å². The van der Waals surface area contributed by atoms with E-state index in [1.54, 1.807) is 19.2 Å². The Balaban J connectivity index is 1.36. The summed E-state index contributed by atoms with van der Waals surface area (Å²) in [6.07, 6.45) is 1.01. The predicted molar refractivity (Wildman–Crippen MR) is 105 cm³/mol. The smallest absolute Gasteiger partial charge is 0.238 e. The number of amides is 1. The van der Waals surface area contributed by atoms with E-state index in [0.29, 0.717) is 12.2 Å². The summed E-state index contributed by atoms with van der Waals surface area (Å²) in [6, 6.07) is 14.0. The molecular formula is C21H26FN3O2. The van der Waals surface area contributed by atoms with Gasteiger partial charge < -0.3 is 15.0 Å². The van der Waals surface area contributed by atoms with Gasteiger partial charge in [-0.25, -0.2) is 4.39 Å². The molecule has 1 aliphatic heterocycles. The Hall–Kier alpha value is -2.44. The minimum atomic E-state index is -0.307. The number of carbonyl (C=O) groups is 1. The fraction of sp³-hybridized carbons (Fsp3) is 0.381. The van der Waals surface area contributed by atoms with Crippen LogP contribution < -0.4 is 10.1 Å². The van der Waals surface area contributed by atoms with Crippen molar-refractivity contribution < 1.29 is 13.9 Å². The third kappa shape index (κ3) is 6.05. The highest BCUT2D eigenvalue weighted by Gasteiger charge is 2.18. The summed E-state index contributed by atoms with van der Waals surface area (Å²) in [5.74, 6) is 0.512. The van der Waals surface area contributed by atoms with Crippen molar-refractivity contribution in [3.63, 3.8) is 0 Å². The molecule has 2 aromatic carbocycles. The Morgan fingerprint density at radius 1 is 1.00 bits per heavy atom. The second kappa shape index (κ2) is 9.48. The van der Waals surface area contributed by atoms with Crippen LogP contribution in [-0.4, -0.2) is 62.1 Å². The Labute approximate surface area is 159 Å². The molecule has 1 saturated heterocycles. The average Bonchev–Trinajstić information content (AvgIpc) is 2.69. The predicted octanol–water partition coefficient (Wildman–Crippen LogP) is 2.63. The molecule has 1 amide bonds. The summed E-state index contributed by atoms with van der Waals surface area (Å²) in [6.45, 7) is 5.05. The normalized spacial score (nSPS) is 15.5. The van der Waals surface area contributed by atoms with Gasteiger partial charge in [-0.05, 0) is 48.4 Å². The van der Waals surface area contributed by atoms with Gasteiger partial charge in [0.05, 0.1) is 13.7 Å². The summed E-state index contributed by atoms with van der Waals surface area (Å²) in [5, 5.41) is 2.81. The topological polar surface area (TPSA) is 44.8 Å². The van der Waals surface area contributed by atoms with Crippen molar-refractivity contribution in [3.05, 3.63) is 59.9 Å². The largest absolute Gasteiger partial charge is 0.497 e. The number of benzene rings is 2. The molecule has 3 rings (SSSR count). The van der Waals surface area contributed by atoms with E-state index in [0.717, 1.165) is 44.9 Å². The lowest BCUT2D eigenvalue weighted by molar-refractivity contribution is -0.117. The molecule has 0 aliphatic carbocycles. The number of hydrogen-bond donors (Lipinski definition) is 1. The van der Waals surface area contributed by atoms with Crippen LogP contribution >= 0.6 is 0 Å². The zero-order valence-corrected chi connectivity index (χ0v) is 15.7. The van der Waals surface area contributed by atoms with E-state index < -0.39 is 0 Å². The van der Waals surface area contributed by atoms with Crippen LogP contribution in [0, 0.1) is 5.82 Å². The Morgan fingerprint density at radius 2 is 1.63 bits per heavy atom. The lowest BCUT2D eigenvalue weighted by atomic mass is 10.1. The van der Waals surface area contributed by atoms with E-state index in [9.17, 15) is 9.18 Å². The third-order valence-electron chi connectivity index (χ3n) is 4.84. The van der Waals surface area contributed by atoms with Crippen LogP contribution in [0.3, 0.4) is 0 Å². The van der Waals surface area contributed by atoms with Crippen LogP contribution in [0.1, 0.15) is 5.56 Å². The minimum absolute atomic E-state index is 0.0618. The van der Waals surface area contributed by atoms with Gasteiger partial charge in [-0.1, -0.05) is 12.1 Å². The van der Waals surface area contributed by atoms with E-state index in [4.69, 9.17) is 4.74 Å². The molecular weight excluding hydrogens is 345 g/mol. The molecule has 144 valence electrons. The molecule has 1 N–H and O–H groups in total. The lowest BCUT2D eigenvalue weighted by Gasteiger charge is -2.34. The Morgan fingerprint density at radius 3 is 2.26 bits per heavy atom. The van der Waals surface area contributed by atoms with Gasteiger partial charge in [0.15, 0.2) is 0 Å².